The number of alkyl halides is 2. The van der Waals surface area contributed by atoms with Gasteiger partial charge in [0.15, 0.2) is 0 Å². The van der Waals surface area contributed by atoms with Crippen molar-refractivity contribution < 1.29 is 18.3 Å². The molecule has 0 spiro atoms. The van der Waals surface area contributed by atoms with Gasteiger partial charge in [0.2, 0.25) is 0 Å². The molecule has 0 aliphatic rings. The molecule has 1 aromatic rings. The van der Waals surface area contributed by atoms with Crippen molar-refractivity contribution in [1.82, 2.24) is 4.98 Å². The van der Waals surface area contributed by atoms with E-state index in [4.69, 9.17) is 11.6 Å². The molecule has 0 unspecified atom stereocenters. The molecule has 7 heteroatoms. The fraction of sp³-hybridized carbons (Fsp3) is 0.400. The highest BCUT2D eigenvalue weighted by Gasteiger charge is 2.20. The average Bonchev–Trinajstić information content (AvgIpc) is 2.22. The van der Waals surface area contributed by atoms with Gasteiger partial charge in [0.25, 0.3) is 12.0 Å². The van der Waals surface area contributed by atoms with Crippen molar-refractivity contribution in [3.63, 3.8) is 0 Å². The molecule has 0 saturated carbocycles. The summed E-state index contributed by atoms with van der Waals surface area (Å²) in [5.74, 6) is -0.596. The Hall–Kier alpha value is -1.43. The largest absolute Gasteiger partial charge is 0.466 e. The normalized spacial score (nSPS) is 10.6. The summed E-state index contributed by atoms with van der Waals surface area (Å²) in [6.07, 6.45) is -2.12. The van der Waals surface area contributed by atoms with Crippen LogP contribution in [0.3, 0.4) is 0 Å². The zero-order valence-corrected chi connectivity index (χ0v) is 9.68. The molecule has 0 aromatic carbocycles. The lowest BCUT2D eigenvalue weighted by Crippen LogP contribution is -2.17. The number of carbonyl (C=O) groups excluding carboxylic acids is 1. The lowest BCUT2D eigenvalue weighted by atomic mass is 10.1. The Kier molecular flexibility index (Phi) is 4.62. The summed E-state index contributed by atoms with van der Waals surface area (Å²) in [6, 6.07) is 0. The van der Waals surface area contributed by atoms with E-state index in [1.165, 1.54) is 0 Å². The van der Waals surface area contributed by atoms with Gasteiger partial charge in [-0.2, -0.15) is 0 Å². The summed E-state index contributed by atoms with van der Waals surface area (Å²) in [5.41, 5.74) is -1.67. The van der Waals surface area contributed by atoms with Crippen molar-refractivity contribution in [1.29, 1.82) is 0 Å². The molecular weight excluding hydrogens is 256 g/mol. The van der Waals surface area contributed by atoms with E-state index in [0.717, 1.165) is 6.20 Å². The first-order valence-corrected chi connectivity index (χ1v) is 5.18. The minimum atomic E-state index is -2.99. The summed E-state index contributed by atoms with van der Waals surface area (Å²) in [6.45, 7) is 1.80. The van der Waals surface area contributed by atoms with Crippen LogP contribution in [-0.4, -0.2) is 17.6 Å². The van der Waals surface area contributed by atoms with Crippen LogP contribution in [0.5, 0.6) is 0 Å². The molecule has 1 N–H and O–H groups in total. The van der Waals surface area contributed by atoms with Gasteiger partial charge in [-0.05, 0) is 12.5 Å². The van der Waals surface area contributed by atoms with E-state index in [1.54, 1.807) is 6.92 Å². The van der Waals surface area contributed by atoms with Crippen LogP contribution in [0.15, 0.2) is 11.0 Å². The van der Waals surface area contributed by atoms with Gasteiger partial charge in [-0.1, -0.05) is 11.6 Å². The fourth-order valence-electron chi connectivity index (χ4n) is 1.26. The molecule has 1 heterocycles. The number of hydrogen-bond acceptors (Lipinski definition) is 3. The number of nitrogens with one attached hydrogen (secondary N) is 1. The van der Waals surface area contributed by atoms with Crippen LogP contribution in [-0.2, 0) is 16.0 Å². The number of hydrogen-bond donors (Lipinski definition) is 1. The maximum atomic E-state index is 12.5. The number of ether oxygens (including phenoxy) is 1. The predicted molar refractivity (Wildman–Crippen MR) is 57.4 cm³/mol. The zero-order valence-electron chi connectivity index (χ0n) is 8.93. The third kappa shape index (κ3) is 3.26. The van der Waals surface area contributed by atoms with Gasteiger partial charge in [-0.15, -0.1) is 0 Å². The lowest BCUT2D eigenvalue weighted by molar-refractivity contribution is -0.142. The molecule has 0 atom stereocenters. The molecule has 0 aliphatic carbocycles. The van der Waals surface area contributed by atoms with Crippen molar-refractivity contribution in [2.45, 2.75) is 19.8 Å². The van der Waals surface area contributed by atoms with Crippen LogP contribution in [0.2, 0.25) is 5.02 Å². The Labute approximate surface area is 101 Å². The molecule has 1 aromatic heterocycles. The SMILES string of the molecule is CCOC(=O)Cc1c[nH]c(=O)c(C(F)F)c1Cl. The van der Waals surface area contributed by atoms with E-state index in [1.807, 2.05) is 0 Å². The van der Waals surface area contributed by atoms with Crippen molar-refractivity contribution in [3.8, 4) is 0 Å². The lowest BCUT2D eigenvalue weighted by Gasteiger charge is -2.07. The minimum Gasteiger partial charge on any atom is -0.466 e. The predicted octanol–water partition coefficient (Wildman–Crippen LogP) is 2.07. The van der Waals surface area contributed by atoms with Gasteiger partial charge in [-0.25, -0.2) is 8.78 Å². The number of halogens is 3. The van der Waals surface area contributed by atoms with Gasteiger partial charge in [0.05, 0.1) is 18.1 Å². The average molecular weight is 266 g/mol. The van der Waals surface area contributed by atoms with Gasteiger partial charge in [0, 0.05) is 6.20 Å². The molecule has 94 valence electrons. The second kappa shape index (κ2) is 5.77. The molecule has 1 rings (SSSR count). The van der Waals surface area contributed by atoms with Crippen LogP contribution in [0, 0.1) is 0 Å². The monoisotopic (exact) mass is 265 g/mol. The number of pyridine rings is 1. The molecule has 0 radical (unpaired) electrons. The highest BCUT2D eigenvalue weighted by molar-refractivity contribution is 6.32. The molecule has 0 fully saturated rings. The first-order chi connectivity index (χ1) is 7.97. The second-order valence-electron chi connectivity index (χ2n) is 3.15. The standard InChI is InChI=1S/C10H10ClF2NO3/c1-2-17-6(15)3-5-4-14-10(16)7(8(5)11)9(12)13/h4,9H,2-3H2,1H3,(H,14,16). The van der Waals surface area contributed by atoms with E-state index in [-0.39, 0.29) is 18.6 Å². The second-order valence-corrected chi connectivity index (χ2v) is 3.53. The van der Waals surface area contributed by atoms with Crippen molar-refractivity contribution >= 4 is 17.6 Å². The third-order valence-electron chi connectivity index (χ3n) is 2.00. The Morgan fingerprint density at radius 1 is 1.59 bits per heavy atom. The Morgan fingerprint density at radius 3 is 2.76 bits per heavy atom. The summed E-state index contributed by atoms with van der Waals surface area (Å²) < 4.78 is 29.7. The number of aromatic amines is 1. The van der Waals surface area contributed by atoms with E-state index in [0.29, 0.717) is 0 Å². The van der Waals surface area contributed by atoms with Gasteiger partial charge in [-0.3, -0.25) is 9.59 Å². The number of H-pyrrole nitrogens is 1. The van der Waals surface area contributed by atoms with Crippen LogP contribution in [0.1, 0.15) is 24.5 Å². The van der Waals surface area contributed by atoms with Crippen LogP contribution in [0.4, 0.5) is 8.78 Å². The quantitative estimate of drug-likeness (QED) is 0.848. The zero-order chi connectivity index (χ0) is 13.0. The van der Waals surface area contributed by atoms with E-state index in [9.17, 15) is 18.4 Å². The topological polar surface area (TPSA) is 59.2 Å². The Balaban J connectivity index is 3.07. The minimum absolute atomic E-state index is 0.111. The van der Waals surface area contributed by atoms with Gasteiger partial charge in [0.1, 0.15) is 5.56 Å². The highest BCUT2D eigenvalue weighted by atomic mass is 35.5. The maximum absolute atomic E-state index is 12.5. The molecule has 0 amide bonds. The summed E-state index contributed by atoms with van der Waals surface area (Å²) in [5, 5.41) is -0.392. The highest BCUT2D eigenvalue weighted by Crippen LogP contribution is 2.26. The Bertz CT molecular complexity index is 473. The van der Waals surface area contributed by atoms with Crippen molar-refractivity contribution in [3.05, 3.63) is 32.7 Å². The van der Waals surface area contributed by atoms with Crippen molar-refractivity contribution in [2.24, 2.45) is 0 Å². The smallest absolute Gasteiger partial charge is 0.310 e. The molecule has 0 bridgehead atoms. The van der Waals surface area contributed by atoms with E-state index in [2.05, 4.69) is 9.72 Å². The number of esters is 1. The fourth-order valence-corrected chi connectivity index (χ4v) is 1.55. The van der Waals surface area contributed by atoms with Gasteiger partial charge < -0.3 is 9.72 Å². The summed E-state index contributed by atoms with van der Waals surface area (Å²) in [4.78, 5) is 24.4. The summed E-state index contributed by atoms with van der Waals surface area (Å²) >= 11 is 5.65. The molecule has 17 heavy (non-hydrogen) atoms. The number of aromatic nitrogens is 1. The van der Waals surface area contributed by atoms with E-state index >= 15 is 0 Å². The third-order valence-corrected chi connectivity index (χ3v) is 2.45. The van der Waals surface area contributed by atoms with E-state index < -0.39 is 28.5 Å². The first-order valence-electron chi connectivity index (χ1n) is 4.81. The molecule has 0 aliphatic heterocycles. The summed E-state index contributed by atoms with van der Waals surface area (Å²) in [7, 11) is 0. The number of carbonyl (C=O) groups is 1. The van der Waals surface area contributed by atoms with Crippen molar-refractivity contribution in [2.75, 3.05) is 6.61 Å². The maximum Gasteiger partial charge on any atom is 0.310 e. The molecule has 4 nitrogen and oxygen atoms in total. The molecule has 0 saturated heterocycles. The molecular formula is C10H10ClF2NO3. The van der Waals surface area contributed by atoms with Gasteiger partial charge >= 0.3 is 5.97 Å². The first kappa shape index (κ1) is 13.6. The van der Waals surface area contributed by atoms with Crippen LogP contribution < -0.4 is 5.56 Å². The van der Waals surface area contributed by atoms with Crippen LogP contribution in [0.25, 0.3) is 0 Å². The van der Waals surface area contributed by atoms with Crippen LogP contribution >= 0.6 is 11.6 Å². The Morgan fingerprint density at radius 2 is 2.24 bits per heavy atom. The number of rotatable bonds is 4.